The van der Waals surface area contributed by atoms with Gasteiger partial charge in [0.15, 0.2) is 0 Å². The maximum absolute atomic E-state index is 8.85. The Hall–Kier alpha value is -0.0151. The SMILES string of the molecule is B[C@@H]1O[C@H](CO)C(C)[C@@H]1C. The van der Waals surface area contributed by atoms with E-state index in [0.29, 0.717) is 17.8 Å². The molecule has 1 fully saturated rings. The Kier molecular flexibility index (Phi) is 2.37. The van der Waals surface area contributed by atoms with Gasteiger partial charge in [0.25, 0.3) is 0 Å². The second-order valence-electron chi connectivity index (χ2n) is 3.28. The van der Waals surface area contributed by atoms with Gasteiger partial charge >= 0.3 is 0 Å². The molecule has 1 aliphatic heterocycles. The molecule has 4 atom stereocenters. The second kappa shape index (κ2) is 2.93. The molecule has 0 aromatic rings. The van der Waals surface area contributed by atoms with Crippen LogP contribution in [0.15, 0.2) is 0 Å². The van der Waals surface area contributed by atoms with Crippen LogP contribution in [0.3, 0.4) is 0 Å². The van der Waals surface area contributed by atoms with E-state index in [-0.39, 0.29) is 12.7 Å². The lowest BCUT2D eigenvalue weighted by Gasteiger charge is -2.12. The molecule has 0 aliphatic carbocycles. The maximum atomic E-state index is 8.85. The van der Waals surface area contributed by atoms with Crippen LogP contribution in [0.1, 0.15) is 13.8 Å². The van der Waals surface area contributed by atoms with E-state index in [9.17, 15) is 0 Å². The first-order chi connectivity index (χ1) is 4.66. The smallest absolute Gasteiger partial charge is 0.139 e. The molecule has 1 N–H and O–H groups in total. The van der Waals surface area contributed by atoms with Crippen LogP contribution < -0.4 is 0 Å². The Morgan fingerprint density at radius 2 is 2.00 bits per heavy atom. The molecule has 3 heteroatoms. The number of aliphatic hydroxyl groups is 1. The van der Waals surface area contributed by atoms with Gasteiger partial charge in [-0.25, -0.2) is 0 Å². The monoisotopic (exact) mass is 142 g/mol. The van der Waals surface area contributed by atoms with E-state index in [2.05, 4.69) is 21.7 Å². The van der Waals surface area contributed by atoms with Gasteiger partial charge in [0.2, 0.25) is 0 Å². The van der Waals surface area contributed by atoms with Crippen molar-refractivity contribution < 1.29 is 9.84 Å². The summed E-state index contributed by atoms with van der Waals surface area (Å²) >= 11 is 0. The van der Waals surface area contributed by atoms with Crippen LogP contribution in [0.25, 0.3) is 0 Å². The van der Waals surface area contributed by atoms with Crippen LogP contribution in [-0.2, 0) is 4.74 Å². The standard InChI is InChI=1S/C7H15BO2/c1-4-5(2)7(8)10-6(4)3-9/h4-7,9H,3,8H2,1-2H3/t4?,5-,6+,7+/m0/s1. The molecule has 2 nitrogen and oxygen atoms in total. The molecular formula is C7H15BO2. The van der Waals surface area contributed by atoms with Gasteiger partial charge in [0, 0.05) is 6.00 Å². The summed E-state index contributed by atoms with van der Waals surface area (Å²) in [6.07, 6.45) is 0.0741. The van der Waals surface area contributed by atoms with Crippen molar-refractivity contribution in [3.05, 3.63) is 0 Å². The molecule has 0 spiro atoms. The summed E-state index contributed by atoms with van der Waals surface area (Å²) < 4.78 is 5.48. The molecule has 10 heavy (non-hydrogen) atoms. The third kappa shape index (κ3) is 1.20. The predicted molar refractivity (Wildman–Crippen MR) is 42.6 cm³/mol. The van der Waals surface area contributed by atoms with Gasteiger partial charge in [-0.1, -0.05) is 13.8 Å². The van der Waals surface area contributed by atoms with E-state index < -0.39 is 0 Å². The first kappa shape index (κ1) is 8.09. The molecule has 0 aromatic carbocycles. The molecule has 0 amide bonds. The van der Waals surface area contributed by atoms with Crippen molar-refractivity contribution in [1.29, 1.82) is 0 Å². The molecule has 0 aromatic heterocycles. The summed E-state index contributed by atoms with van der Waals surface area (Å²) in [5, 5.41) is 8.85. The Bertz CT molecular complexity index is 118. The van der Waals surface area contributed by atoms with E-state index >= 15 is 0 Å². The second-order valence-corrected chi connectivity index (χ2v) is 3.28. The first-order valence-corrected chi connectivity index (χ1v) is 3.93. The van der Waals surface area contributed by atoms with Gasteiger partial charge in [-0.05, 0) is 11.8 Å². The molecule has 1 saturated heterocycles. The fourth-order valence-electron chi connectivity index (χ4n) is 1.50. The van der Waals surface area contributed by atoms with Crippen molar-refractivity contribution in [1.82, 2.24) is 0 Å². The lowest BCUT2D eigenvalue weighted by molar-refractivity contribution is 0.0286. The average Bonchev–Trinajstić information content (AvgIpc) is 2.17. The van der Waals surface area contributed by atoms with Gasteiger partial charge in [0.1, 0.15) is 7.85 Å². The molecule has 0 saturated carbocycles. The van der Waals surface area contributed by atoms with Crippen molar-refractivity contribution in [2.75, 3.05) is 6.61 Å². The zero-order valence-electron chi connectivity index (χ0n) is 6.87. The van der Waals surface area contributed by atoms with E-state index in [1.807, 2.05) is 0 Å². The lowest BCUT2D eigenvalue weighted by atomic mass is 9.82. The van der Waals surface area contributed by atoms with Crippen LogP contribution in [0.4, 0.5) is 0 Å². The van der Waals surface area contributed by atoms with E-state index in [1.165, 1.54) is 0 Å². The highest BCUT2D eigenvalue weighted by Crippen LogP contribution is 2.29. The van der Waals surface area contributed by atoms with Crippen molar-refractivity contribution in [3.63, 3.8) is 0 Å². The van der Waals surface area contributed by atoms with E-state index in [4.69, 9.17) is 9.84 Å². The summed E-state index contributed by atoms with van der Waals surface area (Å²) in [4.78, 5) is 0. The van der Waals surface area contributed by atoms with Gasteiger partial charge in [-0.15, -0.1) is 0 Å². The number of rotatable bonds is 1. The minimum absolute atomic E-state index is 0.0741. The highest BCUT2D eigenvalue weighted by molar-refractivity contribution is 6.11. The Morgan fingerprint density at radius 1 is 1.40 bits per heavy atom. The summed E-state index contributed by atoms with van der Waals surface area (Å²) in [6, 6.07) is 0.312. The summed E-state index contributed by atoms with van der Waals surface area (Å²) in [5.74, 6) is 1.08. The maximum Gasteiger partial charge on any atom is 0.139 e. The largest absolute Gasteiger partial charge is 0.394 e. The van der Waals surface area contributed by atoms with Gasteiger partial charge < -0.3 is 9.84 Å². The van der Waals surface area contributed by atoms with Crippen LogP contribution in [0.2, 0.25) is 0 Å². The molecule has 58 valence electrons. The van der Waals surface area contributed by atoms with Crippen LogP contribution in [0, 0.1) is 11.8 Å². The van der Waals surface area contributed by atoms with Crippen molar-refractivity contribution in [2.45, 2.75) is 26.0 Å². The van der Waals surface area contributed by atoms with Gasteiger partial charge in [0.05, 0.1) is 12.7 Å². The quantitative estimate of drug-likeness (QED) is 0.505. The summed E-state index contributed by atoms with van der Waals surface area (Å²) in [5.41, 5.74) is 0. The minimum atomic E-state index is 0.0741. The zero-order valence-corrected chi connectivity index (χ0v) is 6.87. The van der Waals surface area contributed by atoms with Crippen molar-refractivity contribution >= 4 is 7.85 Å². The normalized spacial score (nSPS) is 47.9. The van der Waals surface area contributed by atoms with Gasteiger partial charge in [-0.3, -0.25) is 0 Å². The minimum Gasteiger partial charge on any atom is -0.394 e. The molecule has 1 rings (SSSR count). The number of aliphatic hydroxyl groups excluding tert-OH is 1. The average molecular weight is 142 g/mol. The summed E-state index contributed by atoms with van der Waals surface area (Å²) in [6.45, 7) is 4.47. The zero-order chi connectivity index (χ0) is 7.72. The fourth-order valence-corrected chi connectivity index (χ4v) is 1.50. The fraction of sp³-hybridized carbons (Fsp3) is 1.00. The third-order valence-corrected chi connectivity index (χ3v) is 2.73. The van der Waals surface area contributed by atoms with Gasteiger partial charge in [-0.2, -0.15) is 0 Å². The predicted octanol–water partition coefficient (Wildman–Crippen LogP) is -0.391. The van der Waals surface area contributed by atoms with Crippen molar-refractivity contribution in [3.8, 4) is 0 Å². The highest BCUT2D eigenvalue weighted by atomic mass is 16.5. The van der Waals surface area contributed by atoms with Crippen molar-refractivity contribution in [2.24, 2.45) is 11.8 Å². The third-order valence-electron chi connectivity index (χ3n) is 2.73. The van der Waals surface area contributed by atoms with Crippen LogP contribution >= 0.6 is 0 Å². The first-order valence-electron chi connectivity index (χ1n) is 3.93. The Labute approximate surface area is 63.0 Å². The molecule has 1 unspecified atom stereocenters. The number of hydrogen-bond donors (Lipinski definition) is 1. The van der Waals surface area contributed by atoms with Crippen LogP contribution in [0.5, 0.6) is 0 Å². The Balaban J connectivity index is 2.53. The molecule has 1 heterocycles. The van der Waals surface area contributed by atoms with E-state index in [0.717, 1.165) is 0 Å². The lowest BCUT2D eigenvalue weighted by Crippen LogP contribution is -2.19. The highest BCUT2D eigenvalue weighted by Gasteiger charge is 2.35. The summed E-state index contributed by atoms with van der Waals surface area (Å²) in [7, 11) is 2.07. The molecule has 0 bridgehead atoms. The molecule has 1 aliphatic rings. The van der Waals surface area contributed by atoms with E-state index in [1.54, 1.807) is 0 Å². The molecular weight excluding hydrogens is 127 g/mol. The van der Waals surface area contributed by atoms with Crippen LogP contribution in [-0.4, -0.2) is 31.7 Å². The topological polar surface area (TPSA) is 29.5 Å². The Morgan fingerprint density at radius 3 is 2.20 bits per heavy atom. The number of hydrogen-bond acceptors (Lipinski definition) is 2. The number of ether oxygens (including phenoxy) is 1. The molecule has 0 radical (unpaired) electrons.